The number of benzene rings is 1. The van der Waals surface area contributed by atoms with Crippen LogP contribution in [-0.4, -0.2) is 23.0 Å². The van der Waals surface area contributed by atoms with Crippen molar-refractivity contribution in [3.05, 3.63) is 52.3 Å². The van der Waals surface area contributed by atoms with Crippen LogP contribution in [0.5, 0.6) is 0 Å². The van der Waals surface area contributed by atoms with Gasteiger partial charge in [0.2, 0.25) is 0 Å². The zero-order valence-corrected chi connectivity index (χ0v) is 16.7. The van der Waals surface area contributed by atoms with Crippen molar-refractivity contribution in [2.24, 2.45) is 5.92 Å². The third-order valence-corrected chi connectivity index (χ3v) is 5.50. The minimum atomic E-state index is -1.11. The number of halogens is 1. The predicted molar refractivity (Wildman–Crippen MR) is 109 cm³/mol. The van der Waals surface area contributed by atoms with Crippen LogP contribution in [0.3, 0.4) is 0 Å². The molecule has 0 spiro atoms. The van der Waals surface area contributed by atoms with Gasteiger partial charge in [-0.25, -0.2) is 4.79 Å². The second-order valence-corrected chi connectivity index (χ2v) is 7.62. The van der Waals surface area contributed by atoms with Gasteiger partial charge in [-0.3, -0.25) is 4.79 Å². The molecule has 1 amide bonds. The second kappa shape index (κ2) is 8.97. The summed E-state index contributed by atoms with van der Waals surface area (Å²) in [6.07, 6.45) is 5.64. The highest BCUT2D eigenvalue weighted by atomic mass is 35.5. The van der Waals surface area contributed by atoms with Crippen LogP contribution in [0.1, 0.15) is 48.7 Å². The van der Waals surface area contributed by atoms with Crippen LogP contribution < -0.4 is 5.32 Å². The molecule has 1 aliphatic rings. The first-order valence-corrected chi connectivity index (χ1v) is 9.82. The molecule has 1 fully saturated rings. The van der Waals surface area contributed by atoms with E-state index >= 15 is 0 Å². The zero-order chi connectivity index (χ0) is 21.0. The molecule has 2 N–H and O–H groups in total. The van der Waals surface area contributed by atoms with Crippen molar-refractivity contribution in [2.75, 3.05) is 0 Å². The molecule has 2 aromatic rings. The molecule has 150 valence electrons. The molecule has 29 heavy (non-hydrogen) atoms. The van der Waals surface area contributed by atoms with Crippen molar-refractivity contribution < 1.29 is 19.1 Å². The van der Waals surface area contributed by atoms with Gasteiger partial charge in [-0.1, -0.05) is 37.4 Å². The average molecular weight is 413 g/mol. The normalized spacial score (nSPS) is 19.4. The maximum Gasteiger partial charge on any atom is 0.337 e. The number of aromatic carboxylic acids is 1. The van der Waals surface area contributed by atoms with Gasteiger partial charge >= 0.3 is 5.97 Å². The molecule has 1 aliphatic carbocycles. The van der Waals surface area contributed by atoms with E-state index in [1.807, 2.05) is 6.07 Å². The van der Waals surface area contributed by atoms with Crippen molar-refractivity contribution in [1.29, 1.82) is 5.26 Å². The molecule has 0 saturated heterocycles. The van der Waals surface area contributed by atoms with Crippen molar-refractivity contribution in [3.63, 3.8) is 0 Å². The molecular formula is C22H21ClN2O4. The van der Waals surface area contributed by atoms with E-state index in [4.69, 9.17) is 21.1 Å². The van der Waals surface area contributed by atoms with E-state index in [0.29, 0.717) is 23.0 Å². The fourth-order valence-electron chi connectivity index (χ4n) is 3.50. The zero-order valence-electron chi connectivity index (χ0n) is 15.9. The van der Waals surface area contributed by atoms with E-state index in [1.54, 1.807) is 18.2 Å². The topological polar surface area (TPSA) is 103 Å². The summed E-state index contributed by atoms with van der Waals surface area (Å²) in [5.41, 5.74) is 0.573. The smallest absolute Gasteiger partial charge is 0.337 e. The first-order chi connectivity index (χ1) is 13.9. The van der Waals surface area contributed by atoms with E-state index in [9.17, 15) is 14.9 Å². The summed E-state index contributed by atoms with van der Waals surface area (Å²) >= 11 is 6.00. The van der Waals surface area contributed by atoms with E-state index in [1.165, 1.54) is 24.6 Å². The molecule has 6 nitrogen and oxygen atoms in total. The number of hydrogen-bond acceptors (Lipinski definition) is 4. The van der Waals surface area contributed by atoms with Gasteiger partial charge in [-0.15, -0.1) is 0 Å². The minimum absolute atomic E-state index is 0.00229. The Morgan fingerprint density at radius 3 is 2.69 bits per heavy atom. The predicted octanol–water partition coefficient (Wildman–Crippen LogP) is 4.90. The summed E-state index contributed by atoms with van der Waals surface area (Å²) in [7, 11) is 0. The van der Waals surface area contributed by atoms with Crippen LogP contribution in [0.2, 0.25) is 5.02 Å². The standard InChI is InChI=1S/C22H21ClN2O4/c1-13-4-2-3-5-19(13)25-21(26)15(12-24)10-16-7-9-20(29-16)14-6-8-17(22(27)28)18(23)11-14/h6-11,13,19H,2-5H2,1H3,(H,25,26)(H,27,28). The largest absolute Gasteiger partial charge is 0.478 e. The molecule has 0 radical (unpaired) electrons. The second-order valence-electron chi connectivity index (χ2n) is 7.21. The number of rotatable bonds is 5. The molecule has 0 bridgehead atoms. The van der Waals surface area contributed by atoms with Crippen molar-refractivity contribution in [1.82, 2.24) is 5.32 Å². The van der Waals surface area contributed by atoms with E-state index in [-0.39, 0.29) is 22.2 Å². The maximum absolute atomic E-state index is 12.5. The number of carbonyl (C=O) groups is 2. The molecule has 7 heteroatoms. The summed E-state index contributed by atoms with van der Waals surface area (Å²) in [6, 6.07) is 9.82. The van der Waals surface area contributed by atoms with E-state index in [0.717, 1.165) is 19.3 Å². The highest BCUT2D eigenvalue weighted by Gasteiger charge is 2.24. The Balaban J connectivity index is 1.77. The lowest BCUT2D eigenvalue weighted by Crippen LogP contribution is -2.41. The third-order valence-electron chi connectivity index (χ3n) is 5.19. The monoisotopic (exact) mass is 412 g/mol. The van der Waals surface area contributed by atoms with Gasteiger partial charge in [0.1, 0.15) is 23.2 Å². The number of furan rings is 1. The van der Waals surface area contributed by atoms with Gasteiger partial charge in [-0.05, 0) is 43.0 Å². The Kier molecular flexibility index (Phi) is 6.40. The van der Waals surface area contributed by atoms with Gasteiger partial charge in [0.05, 0.1) is 10.6 Å². The van der Waals surface area contributed by atoms with Crippen molar-refractivity contribution >= 4 is 29.6 Å². The van der Waals surface area contributed by atoms with Gasteiger partial charge < -0.3 is 14.8 Å². The molecule has 1 saturated carbocycles. The molecule has 1 aromatic carbocycles. The van der Waals surface area contributed by atoms with Gasteiger partial charge in [-0.2, -0.15) is 5.26 Å². The summed E-state index contributed by atoms with van der Waals surface area (Å²) in [5, 5.41) is 21.5. The Morgan fingerprint density at radius 2 is 2.03 bits per heavy atom. The Morgan fingerprint density at radius 1 is 1.28 bits per heavy atom. The van der Waals surface area contributed by atoms with Crippen molar-refractivity contribution in [2.45, 2.75) is 38.6 Å². The van der Waals surface area contributed by atoms with Crippen LogP contribution in [0, 0.1) is 17.2 Å². The van der Waals surface area contributed by atoms with Crippen LogP contribution in [0.4, 0.5) is 0 Å². The fourth-order valence-corrected chi connectivity index (χ4v) is 3.76. The molecule has 0 aliphatic heterocycles. The lowest BCUT2D eigenvalue weighted by atomic mass is 9.86. The molecule has 1 aromatic heterocycles. The lowest BCUT2D eigenvalue weighted by Gasteiger charge is -2.29. The summed E-state index contributed by atoms with van der Waals surface area (Å²) in [4.78, 5) is 23.6. The Bertz CT molecular complexity index is 1000. The molecule has 1 heterocycles. The minimum Gasteiger partial charge on any atom is -0.478 e. The SMILES string of the molecule is CC1CCCCC1NC(=O)C(C#N)=Cc1ccc(-c2ccc(C(=O)O)c(Cl)c2)o1. The summed E-state index contributed by atoms with van der Waals surface area (Å²) in [5.74, 6) is -0.323. The highest BCUT2D eigenvalue weighted by molar-refractivity contribution is 6.33. The van der Waals surface area contributed by atoms with Crippen LogP contribution in [-0.2, 0) is 4.79 Å². The van der Waals surface area contributed by atoms with Gasteiger partial charge in [0, 0.05) is 17.7 Å². The Hall–Kier alpha value is -3.04. The first kappa shape index (κ1) is 20.7. The third kappa shape index (κ3) is 4.87. The number of nitrogens with one attached hydrogen (secondary N) is 1. The lowest BCUT2D eigenvalue weighted by molar-refractivity contribution is -0.118. The van der Waals surface area contributed by atoms with Crippen LogP contribution in [0.25, 0.3) is 17.4 Å². The number of carboxylic acids is 1. The van der Waals surface area contributed by atoms with Gasteiger partial charge in [0.25, 0.3) is 5.91 Å². The van der Waals surface area contributed by atoms with Crippen molar-refractivity contribution in [3.8, 4) is 17.4 Å². The highest BCUT2D eigenvalue weighted by Crippen LogP contribution is 2.28. The number of amides is 1. The average Bonchev–Trinajstić information content (AvgIpc) is 3.16. The molecule has 2 atom stereocenters. The number of carboxylic acid groups (broad SMARTS) is 1. The number of nitriles is 1. The number of hydrogen-bond donors (Lipinski definition) is 2. The number of nitrogens with zero attached hydrogens (tertiary/aromatic N) is 1. The van der Waals surface area contributed by atoms with E-state index in [2.05, 4.69) is 12.2 Å². The van der Waals surface area contributed by atoms with Crippen LogP contribution >= 0.6 is 11.6 Å². The van der Waals surface area contributed by atoms with Crippen LogP contribution in [0.15, 0.2) is 40.3 Å². The Labute approximate surface area is 173 Å². The molecular weight excluding hydrogens is 392 g/mol. The number of carbonyl (C=O) groups excluding carboxylic acids is 1. The summed E-state index contributed by atoms with van der Waals surface area (Å²) in [6.45, 7) is 2.11. The molecule has 3 rings (SSSR count). The molecule has 2 unspecified atom stereocenters. The summed E-state index contributed by atoms with van der Waals surface area (Å²) < 4.78 is 5.71. The maximum atomic E-state index is 12.5. The van der Waals surface area contributed by atoms with Gasteiger partial charge in [0.15, 0.2) is 0 Å². The first-order valence-electron chi connectivity index (χ1n) is 9.44. The fraction of sp³-hybridized carbons (Fsp3) is 0.318. The van der Waals surface area contributed by atoms with E-state index < -0.39 is 11.9 Å². The quantitative estimate of drug-likeness (QED) is 0.537.